The lowest BCUT2D eigenvalue weighted by molar-refractivity contribution is -0.131. The molecule has 0 fully saturated rings. The first-order valence-corrected chi connectivity index (χ1v) is 13.3. The number of aromatic amines is 1. The molecular formula is C24H30N10O4S. The maximum atomic E-state index is 13.4. The number of aromatic nitrogens is 5. The number of nitrogens with two attached hydrogens (primary N) is 1. The SMILES string of the molecule is CC[C@H](C)[C@H](NC(=O)Cc1csc(N)n1)C(=O)NCC(=O)N1c2ccccc2C[C@H]1C(=O)NCc1nn[nH]n1. The number of thiazole rings is 1. The third-order valence-corrected chi connectivity index (χ3v) is 7.22. The lowest BCUT2D eigenvalue weighted by Gasteiger charge is -2.26. The summed E-state index contributed by atoms with van der Waals surface area (Å²) in [5.41, 5.74) is 7.59. The van der Waals surface area contributed by atoms with Crippen molar-refractivity contribution >= 4 is 45.8 Å². The summed E-state index contributed by atoms with van der Waals surface area (Å²) < 4.78 is 0. The van der Waals surface area contributed by atoms with Gasteiger partial charge in [-0.15, -0.1) is 21.5 Å². The van der Waals surface area contributed by atoms with Crippen molar-refractivity contribution in [2.24, 2.45) is 5.92 Å². The van der Waals surface area contributed by atoms with Crippen molar-refractivity contribution in [3.05, 3.63) is 46.7 Å². The van der Waals surface area contributed by atoms with Crippen LogP contribution in [-0.2, 0) is 38.6 Å². The topological polar surface area (TPSA) is 201 Å². The molecule has 2 aromatic heterocycles. The van der Waals surface area contributed by atoms with Crippen LogP contribution in [-0.4, -0.2) is 67.9 Å². The number of carbonyl (C=O) groups is 4. The third-order valence-electron chi connectivity index (χ3n) is 6.49. The summed E-state index contributed by atoms with van der Waals surface area (Å²) in [5.74, 6) is -1.60. The monoisotopic (exact) mass is 554 g/mol. The summed E-state index contributed by atoms with van der Waals surface area (Å²) in [4.78, 5) is 57.6. The zero-order valence-electron chi connectivity index (χ0n) is 21.5. The molecule has 0 saturated carbocycles. The normalized spacial score (nSPS) is 15.7. The van der Waals surface area contributed by atoms with Gasteiger partial charge < -0.3 is 21.7 Å². The number of nitrogens with zero attached hydrogens (tertiary/aromatic N) is 5. The van der Waals surface area contributed by atoms with Crippen molar-refractivity contribution in [1.29, 1.82) is 0 Å². The van der Waals surface area contributed by atoms with E-state index in [4.69, 9.17) is 5.73 Å². The molecule has 0 radical (unpaired) electrons. The summed E-state index contributed by atoms with van der Waals surface area (Å²) in [6, 6.07) is 5.56. The van der Waals surface area contributed by atoms with Crippen LogP contribution in [0.4, 0.5) is 10.8 Å². The molecule has 3 heterocycles. The number of amides is 4. The zero-order valence-corrected chi connectivity index (χ0v) is 22.3. The lowest BCUT2D eigenvalue weighted by Crippen LogP contribution is -2.54. The number of fused-ring (bicyclic) bond motifs is 1. The summed E-state index contributed by atoms with van der Waals surface area (Å²) in [6.07, 6.45) is 0.927. The van der Waals surface area contributed by atoms with Crippen LogP contribution >= 0.6 is 11.3 Å². The average molecular weight is 555 g/mol. The number of tetrazole rings is 1. The minimum absolute atomic E-state index is 0.0158. The largest absolute Gasteiger partial charge is 0.375 e. The first-order chi connectivity index (χ1) is 18.8. The Kier molecular flexibility index (Phi) is 8.81. The molecule has 15 heteroatoms. The number of hydrogen-bond donors (Lipinski definition) is 5. The molecule has 4 rings (SSSR count). The molecule has 0 bridgehead atoms. The van der Waals surface area contributed by atoms with Gasteiger partial charge in [-0.3, -0.25) is 24.1 Å². The zero-order chi connectivity index (χ0) is 27.9. The van der Waals surface area contributed by atoms with E-state index in [1.54, 1.807) is 17.5 Å². The molecule has 0 saturated heterocycles. The fourth-order valence-electron chi connectivity index (χ4n) is 4.30. The number of rotatable bonds is 11. The number of hydrogen-bond acceptors (Lipinski definition) is 10. The maximum Gasteiger partial charge on any atom is 0.247 e. The highest BCUT2D eigenvalue weighted by Gasteiger charge is 2.38. The van der Waals surface area contributed by atoms with Gasteiger partial charge in [-0.05, 0) is 17.5 Å². The number of H-pyrrole nitrogens is 1. The van der Waals surface area contributed by atoms with E-state index >= 15 is 0 Å². The van der Waals surface area contributed by atoms with E-state index in [1.807, 2.05) is 26.0 Å². The van der Waals surface area contributed by atoms with Crippen LogP contribution in [0.3, 0.4) is 0 Å². The summed E-state index contributed by atoms with van der Waals surface area (Å²) in [7, 11) is 0. The van der Waals surface area contributed by atoms with E-state index in [0.717, 1.165) is 5.56 Å². The Bertz CT molecular complexity index is 1330. The molecule has 1 aromatic carbocycles. The van der Waals surface area contributed by atoms with Gasteiger partial charge in [0.15, 0.2) is 11.0 Å². The Balaban J connectivity index is 1.40. The fourth-order valence-corrected chi connectivity index (χ4v) is 4.86. The van der Waals surface area contributed by atoms with Crippen molar-refractivity contribution in [1.82, 2.24) is 41.6 Å². The minimum Gasteiger partial charge on any atom is -0.375 e. The lowest BCUT2D eigenvalue weighted by atomic mass is 9.98. The first-order valence-electron chi connectivity index (χ1n) is 12.4. The Labute approximate surface area is 228 Å². The van der Waals surface area contributed by atoms with Gasteiger partial charge in [0.05, 0.1) is 25.2 Å². The second kappa shape index (κ2) is 12.4. The molecule has 0 spiro atoms. The molecule has 6 N–H and O–H groups in total. The molecule has 0 unspecified atom stereocenters. The van der Waals surface area contributed by atoms with Gasteiger partial charge in [0.25, 0.3) is 0 Å². The number of carbonyl (C=O) groups excluding carboxylic acids is 4. The predicted molar refractivity (Wildman–Crippen MR) is 142 cm³/mol. The number of nitrogens with one attached hydrogen (secondary N) is 4. The van der Waals surface area contributed by atoms with Crippen LogP contribution in [0.5, 0.6) is 0 Å². The van der Waals surface area contributed by atoms with Gasteiger partial charge in [-0.1, -0.05) is 43.7 Å². The molecule has 206 valence electrons. The molecule has 1 aliphatic rings. The molecular weight excluding hydrogens is 524 g/mol. The minimum atomic E-state index is -0.855. The van der Waals surface area contributed by atoms with Crippen molar-refractivity contribution < 1.29 is 19.2 Å². The Morgan fingerprint density at radius 3 is 2.72 bits per heavy atom. The highest BCUT2D eigenvalue weighted by Crippen LogP contribution is 2.32. The van der Waals surface area contributed by atoms with E-state index in [0.29, 0.717) is 35.2 Å². The highest BCUT2D eigenvalue weighted by molar-refractivity contribution is 7.13. The van der Waals surface area contributed by atoms with Gasteiger partial charge >= 0.3 is 0 Å². The van der Waals surface area contributed by atoms with Crippen molar-refractivity contribution in [2.45, 2.75) is 51.7 Å². The van der Waals surface area contributed by atoms with Gasteiger partial charge in [-0.2, -0.15) is 5.21 Å². The van der Waals surface area contributed by atoms with Gasteiger partial charge in [0.2, 0.25) is 23.6 Å². The number of benzene rings is 1. The maximum absolute atomic E-state index is 13.4. The van der Waals surface area contributed by atoms with Crippen LogP contribution in [0.25, 0.3) is 0 Å². The molecule has 14 nitrogen and oxygen atoms in total. The molecule has 1 aliphatic heterocycles. The van der Waals surface area contributed by atoms with Crippen LogP contribution in [0, 0.1) is 5.92 Å². The molecule has 3 atom stereocenters. The number of anilines is 2. The van der Waals surface area contributed by atoms with Crippen LogP contribution in [0.15, 0.2) is 29.6 Å². The van der Waals surface area contributed by atoms with E-state index in [9.17, 15) is 19.2 Å². The molecule has 4 amide bonds. The van der Waals surface area contributed by atoms with E-state index in [-0.39, 0.29) is 37.2 Å². The standard InChI is InChI=1S/C24H30N10O4S/c1-3-13(2)21(29-19(35)9-15-12-39-24(25)28-15)23(38)27-11-20(36)34-16-7-5-4-6-14(16)8-17(34)22(37)26-10-18-30-32-33-31-18/h4-7,12-13,17,21H,3,8-11H2,1-2H3,(H2,25,28)(H,26,37)(H,27,38)(H,29,35)(H,30,31,32,33)/t13-,17-,21-/m0/s1. The summed E-state index contributed by atoms with van der Waals surface area (Å²) in [6.45, 7) is 3.44. The van der Waals surface area contributed by atoms with Crippen molar-refractivity contribution in [3.8, 4) is 0 Å². The summed E-state index contributed by atoms with van der Waals surface area (Å²) >= 11 is 1.23. The molecule has 39 heavy (non-hydrogen) atoms. The average Bonchev–Trinajstić information content (AvgIpc) is 3.68. The van der Waals surface area contributed by atoms with Gasteiger partial charge in [0.1, 0.15) is 12.1 Å². The Morgan fingerprint density at radius 1 is 1.23 bits per heavy atom. The fraction of sp³-hybridized carbons (Fsp3) is 0.417. The summed E-state index contributed by atoms with van der Waals surface area (Å²) in [5, 5.41) is 23.6. The van der Waals surface area contributed by atoms with Crippen LogP contribution in [0.2, 0.25) is 0 Å². The third kappa shape index (κ3) is 6.73. The van der Waals surface area contributed by atoms with Crippen LogP contribution in [0.1, 0.15) is 37.4 Å². The van der Waals surface area contributed by atoms with Gasteiger partial charge in [-0.25, -0.2) is 4.98 Å². The number of nitrogen functional groups attached to an aromatic ring is 1. The Morgan fingerprint density at radius 2 is 2.03 bits per heavy atom. The Hall–Kier alpha value is -4.40. The van der Waals surface area contributed by atoms with E-state index < -0.39 is 23.9 Å². The van der Waals surface area contributed by atoms with E-state index in [2.05, 4.69) is 41.6 Å². The smallest absolute Gasteiger partial charge is 0.247 e. The van der Waals surface area contributed by atoms with Crippen molar-refractivity contribution in [3.63, 3.8) is 0 Å². The van der Waals surface area contributed by atoms with E-state index in [1.165, 1.54) is 16.2 Å². The quantitative estimate of drug-likeness (QED) is 0.211. The predicted octanol–water partition coefficient (Wildman–Crippen LogP) is -0.298. The highest BCUT2D eigenvalue weighted by atomic mass is 32.1. The first kappa shape index (κ1) is 27.6. The number of para-hydroxylation sites is 1. The second-order valence-corrected chi connectivity index (χ2v) is 10.1. The van der Waals surface area contributed by atoms with Gasteiger partial charge in [0, 0.05) is 17.5 Å². The van der Waals surface area contributed by atoms with Crippen molar-refractivity contribution in [2.75, 3.05) is 17.2 Å². The van der Waals surface area contributed by atoms with Crippen LogP contribution < -0.4 is 26.6 Å². The second-order valence-electron chi connectivity index (χ2n) is 9.16. The molecule has 0 aliphatic carbocycles. The molecule has 3 aromatic rings.